The minimum absolute atomic E-state index is 0.128. The molecule has 0 atom stereocenters. The predicted molar refractivity (Wildman–Crippen MR) is 112 cm³/mol. The van der Waals surface area contributed by atoms with Crippen LogP contribution >= 0.6 is 0 Å². The molecular weight excluding hydrogens is 364 g/mol. The number of amides is 2. The molecule has 4 rings (SSSR count). The van der Waals surface area contributed by atoms with Gasteiger partial charge in [0.2, 0.25) is 0 Å². The van der Waals surface area contributed by atoms with E-state index in [1.54, 1.807) is 0 Å². The summed E-state index contributed by atoms with van der Waals surface area (Å²) in [4.78, 5) is 14.8. The van der Waals surface area contributed by atoms with Crippen molar-refractivity contribution in [3.63, 3.8) is 0 Å². The molecule has 1 saturated heterocycles. The van der Waals surface area contributed by atoms with Crippen LogP contribution < -0.4 is 10.6 Å². The zero-order valence-electron chi connectivity index (χ0n) is 17.2. The summed E-state index contributed by atoms with van der Waals surface area (Å²) in [7, 11) is 0. The Morgan fingerprint density at radius 3 is 2.59 bits per heavy atom. The lowest BCUT2D eigenvalue weighted by Gasteiger charge is -2.18. The van der Waals surface area contributed by atoms with Gasteiger partial charge in [-0.2, -0.15) is 0 Å². The van der Waals surface area contributed by atoms with Crippen molar-refractivity contribution in [3.8, 4) is 0 Å². The summed E-state index contributed by atoms with van der Waals surface area (Å²) in [6, 6.07) is 8.27. The lowest BCUT2D eigenvalue weighted by molar-refractivity contribution is 0.240. The summed E-state index contributed by atoms with van der Waals surface area (Å²) in [5.74, 6) is 2.08. The van der Waals surface area contributed by atoms with E-state index in [-0.39, 0.29) is 6.03 Å². The van der Waals surface area contributed by atoms with E-state index in [1.807, 2.05) is 6.07 Å². The van der Waals surface area contributed by atoms with Gasteiger partial charge in [-0.15, -0.1) is 10.2 Å². The molecule has 1 aromatic carbocycles. The van der Waals surface area contributed by atoms with Crippen molar-refractivity contribution in [3.05, 3.63) is 47.0 Å². The van der Waals surface area contributed by atoms with Gasteiger partial charge >= 0.3 is 6.03 Å². The van der Waals surface area contributed by atoms with Crippen LogP contribution in [0.15, 0.2) is 24.3 Å². The van der Waals surface area contributed by atoms with Gasteiger partial charge in [0, 0.05) is 39.0 Å². The lowest BCUT2D eigenvalue weighted by Crippen LogP contribution is -2.36. The van der Waals surface area contributed by atoms with Crippen LogP contribution in [0.5, 0.6) is 0 Å². The third-order valence-electron chi connectivity index (χ3n) is 5.97. The molecule has 7 nitrogen and oxygen atoms in total. The highest BCUT2D eigenvalue weighted by Gasteiger charge is 2.15. The Bertz CT molecular complexity index is 811. The average Bonchev–Trinajstić information content (AvgIpc) is 3.31. The number of rotatable bonds is 7. The van der Waals surface area contributed by atoms with Gasteiger partial charge in [0.25, 0.3) is 0 Å². The van der Waals surface area contributed by atoms with Gasteiger partial charge in [-0.1, -0.05) is 30.7 Å². The molecule has 1 fully saturated rings. The Morgan fingerprint density at radius 1 is 0.931 bits per heavy atom. The van der Waals surface area contributed by atoms with Crippen LogP contribution in [0, 0.1) is 0 Å². The van der Waals surface area contributed by atoms with E-state index in [0.29, 0.717) is 19.5 Å². The number of carbonyl (C=O) groups excluding carboxylic acids is 1. The molecule has 1 aromatic heterocycles. The van der Waals surface area contributed by atoms with Crippen molar-refractivity contribution in [1.29, 1.82) is 0 Å². The molecule has 0 aliphatic carbocycles. The molecule has 2 amide bonds. The first kappa shape index (κ1) is 19.9. The van der Waals surface area contributed by atoms with Gasteiger partial charge in [0.1, 0.15) is 11.6 Å². The topological polar surface area (TPSA) is 75.1 Å². The predicted octanol–water partition coefficient (Wildman–Crippen LogP) is 2.64. The van der Waals surface area contributed by atoms with Gasteiger partial charge in [-0.05, 0) is 49.9 Å². The van der Waals surface area contributed by atoms with Crippen molar-refractivity contribution in [2.75, 3.05) is 19.6 Å². The summed E-state index contributed by atoms with van der Waals surface area (Å²) in [5.41, 5.74) is 2.50. The number of benzene rings is 1. The molecule has 2 aliphatic rings. The molecule has 0 bridgehead atoms. The molecule has 29 heavy (non-hydrogen) atoms. The minimum atomic E-state index is -0.128. The molecule has 2 aliphatic heterocycles. The average molecular weight is 397 g/mol. The third-order valence-corrected chi connectivity index (χ3v) is 5.97. The summed E-state index contributed by atoms with van der Waals surface area (Å²) in [6.07, 6.45) is 7.93. The van der Waals surface area contributed by atoms with E-state index >= 15 is 0 Å². The molecule has 2 N–H and O–H groups in total. The van der Waals surface area contributed by atoms with Crippen molar-refractivity contribution in [2.45, 2.75) is 64.6 Å². The Balaban J connectivity index is 1.23. The summed E-state index contributed by atoms with van der Waals surface area (Å²) >= 11 is 0. The summed E-state index contributed by atoms with van der Waals surface area (Å²) in [5, 5.41) is 14.6. The number of urea groups is 1. The number of carbonyl (C=O) groups is 1. The van der Waals surface area contributed by atoms with Crippen LogP contribution in [-0.4, -0.2) is 45.3 Å². The van der Waals surface area contributed by atoms with Crippen LogP contribution in [0.3, 0.4) is 0 Å². The molecule has 156 valence electrons. The van der Waals surface area contributed by atoms with Gasteiger partial charge in [0.05, 0.1) is 0 Å². The number of fused-ring (bicyclic) bond motifs is 1. The molecule has 0 radical (unpaired) electrons. The highest BCUT2D eigenvalue weighted by Crippen LogP contribution is 2.16. The maximum Gasteiger partial charge on any atom is 0.315 e. The number of likely N-dealkylation sites (tertiary alicyclic amines) is 1. The molecule has 3 heterocycles. The van der Waals surface area contributed by atoms with Gasteiger partial charge in [-0.3, -0.25) is 4.90 Å². The Hall–Kier alpha value is -2.41. The van der Waals surface area contributed by atoms with E-state index < -0.39 is 0 Å². The van der Waals surface area contributed by atoms with Crippen molar-refractivity contribution >= 4 is 6.03 Å². The van der Waals surface area contributed by atoms with E-state index in [4.69, 9.17) is 0 Å². The van der Waals surface area contributed by atoms with E-state index in [0.717, 1.165) is 31.2 Å². The first-order valence-electron chi connectivity index (χ1n) is 11.0. The molecular formula is C22H32N6O. The number of nitrogens with one attached hydrogen (secondary N) is 2. The van der Waals surface area contributed by atoms with E-state index in [1.165, 1.54) is 56.3 Å². The second-order valence-electron chi connectivity index (χ2n) is 8.11. The maximum atomic E-state index is 12.3. The molecule has 2 aromatic rings. The number of aryl methyl sites for hydroxylation is 1. The van der Waals surface area contributed by atoms with Crippen LogP contribution in [0.25, 0.3) is 0 Å². The zero-order valence-corrected chi connectivity index (χ0v) is 17.2. The van der Waals surface area contributed by atoms with Crippen LogP contribution in [0.2, 0.25) is 0 Å². The van der Waals surface area contributed by atoms with Crippen LogP contribution in [0.1, 0.15) is 54.9 Å². The van der Waals surface area contributed by atoms with E-state index in [9.17, 15) is 4.79 Å². The fourth-order valence-corrected chi connectivity index (χ4v) is 4.32. The lowest BCUT2D eigenvalue weighted by atomic mass is 10.1. The fraction of sp³-hybridized carbons (Fsp3) is 0.591. The summed E-state index contributed by atoms with van der Waals surface area (Å²) in [6.45, 7) is 5.44. The number of hydrogen-bond acceptors (Lipinski definition) is 4. The SMILES string of the molecule is O=C(NCCc1nnc2n1CCCCC2)NCc1ccccc1CN1CCCC1. The maximum absolute atomic E-state index is 12.3. The second-order valence-corrected chi connectivity index (χ2v) is 8.11. The normalized spacial score (nSPS) is 17.0. The van der Waals surface area contributed by atoms with Crippen molar-refractivity contribution < 1.29 is 4.79 Å². The second kappa shape index (κ2) is 9.87. The Kier molecular flexibility index (Phi) is 6.77. The molecule has 0 saturated carbocycles. The van der Waals surface area contributed by atoms with Crippen molar-refractivity contribution in [1.82, 2.24) is 30.3 Å². The highest BCUT2D eigenvalue weighted by atomic mass is 16.2. The highest BCUT2D eigenvalue weighted by molar-refractivity contribution is 5.73. The first-order chi connectivity index (χ1) is 14.3. The Morgan fingerprint density at radius 2 is 1.72 bits per heavy atom. The standard InChI is InChI=1S/C22H32N6O/c29-22(23-12-11-21-26-25-20-10-2-1-5-15-28(20)21)24-16-18-8-3-4-9-19(18)17-27-13-6-7-14-27/h3-4,8-9H,1-2,5-7,10-17H2,(H2,23,24,29). The number of nitrogens with zero attached hydrogens (tertiary/aromatic N) is 4. The molecule has 7 heteroatoms. The quantitative estimate of drug-likeness (QED) is 0.754. The van der Waals surface area contributed by atoms with Gasteiger partial charge in [0.15, 0.2) is 0 Å². The molecule has 0 unspecified atom stereocenters. The van der Waals surface area contributed by atoms with Crippen molar-refractivity contribution in [2.24, 2.45) is 0 Å². The van der Waals surface area contributed by atoms with E-state index in [2.05, 4.69) is 48.5 Å². The smallest absolute Gasteiger partial charge is 0.315 e. The molecule has 0 spiro atoms. The zero-order chi connectivity index (χ0) is 19.9. The number of aromatic nitrogens is 3. The first-order valence-corrected chi connectivity index (χ1v) is 11.0. The van der Waals surface area contributed by atoms with Crippen LogP contribution in [-0.2, 0) is 32.5 Å². The number of hydrogen-bond donors (Lipinski definition) is 2. The van der Waals surface area contributed by atoms with Gasteiger partial charge in [-0.25, -0.2) is 4.79 Å². The van der Waals surface area contributed by atoms with Crippen LogP contribution in [0.4, 0.5) is 4.79 Å². The summed E-state index contributed by atoms with van der Waals surface area (Å²) < 4.78 is 2.24. The monoisotopic (exact) mass is 396 g/mol. The largest absolute Gasteiger partial charge is 0.338 e. The van der Waals surface area contributed by atoms with Gasteiger partial charge < -0.3 is 15.2 Å². The third kappa shape index (κ3) is 5.35. The fourth-order valence-electron chi connectivity index (χ4n) is 4.32. The minimum Gasteiger partial charge on any atom is -0.338 e. The Labute approximate surface area is 172 Å².